The summed E-state index contributed by atoms with van der Waals surface area (Å²) in [5, 5.41) is 4.34. The number of amides is 2. The van der Waals surface area contributed by atoms with E-state index >= 15 is 0 Å². The molecule has 2 aromatic heterocycles. The van der Waals surface area contributed by atoms with Gasteiger partial charge in [0.05, 0.1) is 32.5 Å². The molecule has 2 amide bonds. The van der Waals surface area contributed by atoms with Crippen LogP contribution in [0, 0.1) is 0 Å². The van der Waals surface area contributed by atoms with E-state index in [0.717, 1.165) is 18.5 Å². The Kier molecular flexibility index (Phi) is 5.14. The van der Waals surface area contributed by atoms with Crippen molar-refractivity contribution in [2.24, 2.45) is 0 Å². The highest BCUT2D eigenvalue weighted by Gasteiger charge is 2.33. The second-order valence-electron chi connectivity index (χ2n) is 8.10. The summed E-state index contributed by atoms with van der Waals surface area (Å²) < 4.78 is 13.1. The highest BCUT2D eigenvalue weighted by atomic mass is 32.1. The number of nitrogens with zero attached hydrogens (tertiary/aromatic N) is 2. The quantitative estimate of drug-likeness (QED) is 0.585. The highest BCUT2D eigenvalue weighted by molar-refractivity contribution is 7.15. The Bertz CT molecular complexity index is 1130. The normalized spacial score (nSPS) is 17.3. The second-order valence-corrected chi connectivity index (χ2v) is 9.18. The first-order valence-electron chi connectivity index (χ1n) is 10.7. The van der Waals surface area contributed by atoms with E-state index in [1.54, 1.807) is 26.4 Å². The Balaban J connectivity index is 1.53. The van der Waals surface area contributed by atoms with Crippen LogP contribution < -0.4 is 14.8 Å². The molecule has 3 aromatic rings. The van der Waals surface area contributed by atoms with E-state index in [4.69, 9.17) is 9.47 Å². The number of anilines is 1. The van der Waals surface area contributed by atoms with Gasteiger partial charge in [-0.15, -0.1) is 11.3 Å². The van der Waals surface area contributed by atoms with Crippen molar-refractivity contribution in [3.63, 3.8) is 0 Å². The molecule has 162 valence electrons. The van der Waals surface area contributed by atoms with Crippen molar-refractivity contribution in [2.45, 2.75) is 45.2 Å². The van der Waals surface area contributed by atoms with Gasteiger partial charge in [0.15, 0.2) is 0 Å². The van der Waals surface area contributed by atoms with Crippen molar-refractivity contribution in [1.29, 1.82) is 0 Å². The first-order chi connectivity index (χ1) is 15.1. The van der Waals surface area contributed by atoms with Crippen LogP contribution in [0.3, 0.4) is 0 Å². The number of carbonyl (C=O) groups is 1. The summed E-state index contributed by atoms with van der Waals surface area (Å²) in [5.74, 6) is 1.27. The summed E-state index contributed by atoms with van der Waals surface area (Å²) in [6.45, 7) is 2.69. The molecule has 6 nitrogen and oxygen atoms in total. The summed E-state index contributed by atoms with van der Waals surface area (Å²) in [7, 11) is 3.21. The number of fused-ring (bicyclic) bond motifs is 5. The first-order valence-corrected chi connectivity index (χ1v) is 11.5. The van der Waals surface area contributed by atoms with Gasteiger partial charge in [-0.3, -0.25) is 0 Å². The third kappa shape index (κ3) is 3.37. The number of hydrogen-bond donors (Lipinski definition) is 1. The molecule has 1 aliphatic carbocycles. The third-order valence-electron chi connectivity index (χ3n) is 6.39. The maximum Gasteiger partial charge on any atom is 0.322 e. The summed E-state index contributed by atoms with van der Waals surface area (Å²) >= 11 is 1.90. The molecule has 7 heteroatoms. The number of methoxy groups -OCH3 is 2. The van der Waals surface area contributed by atoms with Crippen molar-refractivity contribution < 1.29 is 14.3 Å². The third-order valence-corrected chi connectivity index (χ3v) is 7.73. The molecule has 0 saturated heterocycles. The van der Waals surface area contributed by atoms with E-state index in [9.17, 15) is 4.79 Å². The number of hydrogen-bond acceptors (Lipinski definition) is 4. The predicted molar refractivity (Wildman–Crippen MR) is 123 cm³/mol. The Hall–Kier alpha value is -2.93. The van der Waals surface area contributed by atoms with Gasteiger partial charge in [0.25, 0.3) is 0 Å². The van der Waals surface area contributed by atoms with Crippen LogP contribution >= 0.6 is 11.3 Å². The van der Waals surface area contributed by atoms with E-state index in [2.05, 4.69) is 35.1 Å². The van der Waals surface area contributed by atoms with Gasteiger partial charge in [-0.05, 0) is 62.4 Å². The lowest BCUT2D eigenvalue weighted by Gasteiger charge is -2.28. The van der Waals surface area contributed by atoms with E-state index < -0.39 is 0 Å². The van der Waals surface area contributed by atoms with Crippen LogP contribution in [-0.4, -0.2) is 29.7 Å². The van der Waals surface area contributed by atoms with Gasteiger partial charge >= 0.3 is 6.03 Å². The molecule has 0 saturated carbocycles. The van der Waals surface area contributed by atoms with Crippen LogP contribution in [0.5, 0.6) is 11.5 Å². The summed E-state index contributed by atoms with van der Waals surface area (Å²) in [6, 6.07) is 9.39. The van der Waals surface area contributed by atoms with Crippen molar-refractivity contribution in [1.82, 2.24) is 9.47 Å². The molecule has 1 aliphatic heterocycles. The topological polar surface area (TPSA) is 55.7 Å². The molecule has 0 fully saturated rings. The van der Waals surface area contributed by atoms with Crippen LogP contribution in [0.25, 0.3) is 5.00 Å². The maximum atomic E-state index is 13.5. The zero-order chi connectivity index (χ0) is 21.5. The zero-order valence-corrected chi connectivity index (χ0v) is 18.9. The fourth-order valence-corrected chi connectivity index (χ4v) is 6.11. The molecule has 0 bridgehead atoms. The molecule has 5 rings (SSSR count). The van der Waals surface area contributed by atoms with E-state index in [0.29, 0.717) is 23.7 Å². The molecule has 2 aliphatic rings. The molecule has 0 spiro atoms. The number of ether oxygens (including phenoxy) is 2. The smallest absolute Gasteiger partial charge is 0.322 e. The number of thiophene rings is 1. The highest BCUT2D eigenvalue weighted by Crippen LogP contribution is 2.42. The number of rotatable bonds is 3. The lowest BCUT2D eigenvalue weighted by molar-refractivity contribution is 0.189. The molecule has 1 atom stereocenters. The predicted octanol–water partition coefficient (Wildman–Crippen LogP) is 5.54. The van der Waals surface area contributed by atoms with Crippen molar-refractivity contribution in [2.75, 3.05) is 19.5 Å². The monoisotopic (exact) mass is 437 g/mol. The first kappa shape index (κ1) is 20.0. The van der Waals surface area contributed by atoms with Crippen molar-refractivity contribution in [3.8, 4) is 16.5 Å². The number of aromatic nitrogens is 1. The van der Waals surface area contributed by atoms with Gasteiger partial charge in [0.1, 0.15) is 16.5 Å². The summed E-state index contributed by atoms with van der Waals surface area (Å²) in [4.78, 5) is 17.0. The average Bonchev–Trinajstić information content (AvgIpc) is 3.39. The minimum absolute atomic E-state index is 0.0644. The van der Waals surface area contributed by atoms with Gasteiger partial charge in [0, 0.05) is 28.4 Å². The number of carbonyl (C=O) groups excluding carboxylic acids is 1. The SMILES string of the molecule is COc1ccc(OC)c(NC(=O)N2Cc3c(sc4c3CCCC4)-n3cccc3C2C)c1. The Morgan fingerprint density at radius 1 is 1.13 bits per heavy atom. The molecule has 3 heterocycles. The molecular weight excluding hydrogens is 410 g/mol. The molecule has 1 N–H and O–H groups in total. The summed E-state index contributed by atoms with van der Waals surface area (Å²) in [6.07, 6.45) is 6.84. The average molecular weight is 438 g/mol. The van der Waals surface area contributed by atoms with Gasteiger partial charge in [-0.2, -0.15) is 0 Å². The standard InChI is InChI=1S/C24H27N3O3S/c1-15-20-8-6-12-26(20)23-18(17-7-4-5-9-22(17)31-23)14-27(15)24(28)25-19-13-16(29-2)10-11-21(19)30-3/h6,8,10-13,15H,4-5,7,9,14H2,1-3H3,(H,25,28). The number of nitrogens with one attached hydrogen (secondary N) is 1. The van der Waals surface area contributed by atoms with E-state index in [-0.39, 0.29) is 12.1 Å². The van der Waals surface area contributed by atoms with Gasteiger partial charge in [-0.1, -0.05) is 0 Å². The fraction of sp³-hybridized carbons (Fsp3) is 0.375. The zero-order valence-electron chi connectivity index (χ0n) is 18.1. The van der Waals surface area contributed by atoms with Crippen molar-refractivity contribution in [3.05, 3.63) is 58.2 Å². The molecular formula is C24H27N3O3S. The van der Waals surface area contributed by atoms with Crippen LogP contribution in [0.2, 0.25) is 0 Å². The van der Waals surface area contributed by atoms with Crippen LogP contribution in [0.1, 0.15) is 47.5 Å². The van der Waals surface area contributed by atoms with Gasteiger partial charge < -0.3 is 24.3 Å². The molecule has 1 unspecified atom stereocenters. The van der Waals surface area contributed by atoms with Gasteiger partial charge in [0.2, 0.25) is 0 Å². The van der Waals surface area contributed by atoms with Crippen LogP contribution in [-0.2, 0) is 19.4 Å². The minimum Gasteiger partial charge on any atom is -0.497 e. The largest absolute Gasteiger partial charge is 0.497 e. The lowest BCUT2D eigenvalue weighted by atomic mass is 9.95. The Morgan fingerprint density at radius 3 is 2.77 bits per heavy atom. The lowest BCUT2D eigenvalue weighted by Crippen LogP contribution is -2.36. The fourth-order valence-electron chi connectivity index (χ4n) is 4.71. The molecule has 1 aromatic carbocycles. The van der Waals surface area contributed by atoms with Crippen molar-refractivity contribution >= 4 is 23.1 Å². The Morgan fingerprint density at radius 2 is 1.97 bits per heavy atom. The molecule has 31 heavy (non-hydrogen) atoms. The Labute approximate surface area is 186 Å². The summed E-state index contributed by atoms with van der Waals surface area (Å²) in [5.41, 5.74) is 4.49. The van der Waals surface area contributed by atoms with E-state index in [1.807, 2.05) is 22.3 Å². The molecule has 0 radical (unpaired) electrons. The number of aryl methyl sites for hydroxylation is 1. The number of urea groups is 1. The van der Waals surface area contributed by atoms with E-state index in [1.165, 1.54) is 33.8 Å². The van der Waals surface area contributed by atoms with Crippen LogP contribution in [0.15, 0.2) is 36.5 Å². The van der Waals surface area contributed by atoms with Gasteiger partial charge in [-0.25, -0.2) is 4.79 Å². The second kappa shape index (κ2) is 7.96. The number of benzene rings is 1. The van der Waals surface area contributed by atoms with Crippen LogP contribution in [0.4, 0.5) is 10.5 Å². The maximum absolute atomic E-state index is 13.5. The minimum atomic E-state index is -0.143.